The van der Waals surface area contributed by atoms with Crippen LogP contribution in [0.4, 0.5) is 39.8 Å². The fourth-order valence-corrected chi connectivity index (χ4v) is 4.05. The molecule has 0 aliphatic heterocycles. The third kappa shape index (κ3) is 4.30. The van der Waals surface area contributed by atoms with E-state index in [-0.39, 0.29) is 0 Å². The van der Waals surface area contributed by atoms with Gasteiger partial charge in [0, 0.05) is 28.4 Å². The summed E-state index contributed by atoms with van der Waals surface area (Å²) in [6.45, 7) is 0. The fraction of sp³-hybridized carbons (Fsp3) is 0. The van der Waals surface area contributed by atoms with Crippen LogP contribution in [0.3, 0.4) is 0 Å². The third-order valence-corrected chi connectivity index (χ3v) is 5.56. The van der Waals surface area contributed by atoms with Crippen LogP contribution in [0.2, 0.25) is 0 Å². The summed E-state index contributed by atoms with van der Waals surface area (Å²) < 4.78 is 0. The molecule has 2 N–H and O–H groups in total. The van der Waals surface area contributed by atoms with Gasteiger partial charge in [-0.2, -0.15) is 0 Å². The Morgan fingerprint density at radius 2 is 0.636 bits per heavy atom. The molecule has 5 rings (SSSR count). The summed E-state index contributed by atoms with van der Waals surface area (Å²) in [6.07, 6.45) is 0. The van der Waals surface area contributed by atoms with Crippen LogP contribution in [0.15, 0.2) is 140 Å². The molecule has 0 heterocycles. The lowest BCUT2D eigenvalue weighted by atomic mass is 10.1. The van der Waals surface area contributed by atoms with Gasteiger partial charge in [-0.3, -0.25) is 0 Å². The van der Waals surface area contributed by atoms with Crippen molar-refractivity contribution < 1.29 is 0 Å². The first-order valence-corrected chi connectivity index (χ1v) is 11.0. The van der Waals surface area contributed by atoms with Crippen LogP contribution in [0.1, 0.15) is 0 Å². The Hall–Kier alpha value is -4.50. The zero-order valence-corrected chi connectivity index (χ0v) is 18.3. The maximum absolute atomic E-state index is 6.01. The van der Waals surface area contributed by atoms with E-state index in [1.54, 1.807) is 0 Å². The second-order valence-electron chi connectivity index (χ2n) is 7.76. The average molecular weight is 428 g/mol. The molecule has 0 saturated carbocycles. The lowest BCUT2D eigenvalue weighted by Crippen LogP contribution is -2.16. The Morgan fingerprint density at radius 3 is 1.00 bits per heavy atom. The van der Waals surface area contributed by atoms with Crippen LogP contribution in [-0.2, 0) is 0 Å². The van der Waals surface area contributed by atoms with Gasteiger partial charge in [0.15, 0.2) is 0 Å². The number of benzene rings is 5. The summed E-state index contributed by atoms with van der Waals surface area (Å²) in [5.41, 5.74) is 13.2. The monoisotopic (exact) mass is 427 g/mol. The van der Waals surface area contributed by atoms with Gasteiger partial charge >= 0.3 is 0 Å². The van der Waals surface area contributed by atoms with Gasteiger partial charge in [0.25, 0.3) is 0 Å². The van der Waals surface area contributed by atoms with Gasteiger partial charge in [-0.15, -0.1) is 0 Å². The molecular weight excluding hydrogens is 402 g/mol. The molecule has 0 aromatic heterocycles. The Bertz CT molecular complexity index is 1260. The Balaban J connectivity index is 1.74. The van der Waals surface area contributed by atoms with Gasteiger partial charge in [-0.05, 0) is 72.8 Å². The first kappa shape index (κ1) is 20.4. The SMILES string of the molecule is Nc1ccc(N(c2ccccc2)c2ccccc2N(c2ccccc2)c2ccccc2)cc1. The van der Waals surface area contributed by atoms with E-state index in [0.29, 0.717) is 0 Å². The normalized spacial score (nSPS) is 10.5. The number of hydrogen-bond acceptors (Lipinski definition) is 3. The molecule has 5 aromatic carbocycles. The predicted molar refractivity (Wildman–Crippen MR) is 140 cm³/mol. The largest absolute Gasteiger partial charge is 0.399 e. The maximum Gasteiger partial charge on any atom is 0.0702 e. The smallest absolute Gasteiger partial charge is 0.0702 e. The summed E-state index contributed by atoms with van der Waals surface area (Å²) >= 11 is 0. The van der Waals surface area contributed by atoms with E-state index in [2.05, 4.69) is 119 Å². The molecule has 0 spiro atoms. The van der Waals surface area contributed by atoms with Crippen LogP contribution < -0.4 is 15.5 Å². The minimum atomic E-state index is 0.746. The van der Waals surface area contributed by atoms with Crippen molar-refractivity contribution in [1.82, 2.24) is 0 Å². The predicted octanol–water partition coefficient (Wildman–Crippen LogP) is 8.21. The van der Waals surface area contributed by atoms with Gasteiger partial charge in [0.05, 0.1) is 11.4 Å². The molecule has 160 valence electrons. The van der Waals surface area contributed by atoms with Crippen molar-refractivity contribution in [1.29, 1.82) is 0 Å². The molecule has 0 unspecified atom stereocenters. The summed E-state index contributed by atoms with van der Waals surface area (Å²) in [5, 5.41) is 0. The van der Waals surface area contributed by atoms with Crippen molar-refractivity contribution in [3.05, 3.63) is 140 Å². The van der Waals surface area contributed by atoms with E-state index in [1.807, 2.05) is 30.3 Å². The second-order valence-corrected chi connectivity index (χ2v) is 7.76. The summed E-state index contributed by atoms with van der Waals surface area (Å²) in [5.74, 6) is 0. The topological polar surface area (TPSA) is 32.5 Å². The molecule has 0 saturated heterocycles. The van der Waals surface area contributed by atoms with Crippen molar-refractivity contribution in [2.45, 2.75) is 0 Å². The van der Waals surface area contributed by atoms with E-state index in [9.17, 15) is 0 Å². The van der Waals surface area contributed by atoms with Crippen molar-refractivity contribution in [3.8, 4) is 0 Å². The lowest BCUT2D eigenvalue weighted by molar-refractivity contribution is 1.23. The molecule has 0 aliphatic rings. The number of nitrogens with zero attached hydrogens (tertiary/aromatic N) is 2. The molecule has 0 aliphatic carbocycles. The molecule has 5 aromatic rings. The van der Waals surface area contributed by atoms with Gasteiger partial charge in [0.2, 0.25) is 0 Å². The number of nitrogen functional groups attached to an aromatic ring is 1. The Kier molecular flexibility index (Phi) is 5.77. The molecule has 3 nitrogen and oxygen atoms in total. The fourth-order valence-electron chi connectivity index (χ4n) is 4.05. The second kappa shape index (κ2) is 9.33. The zero-order valence-electron chi connectivity index (χ0n) is 18.3. The highest BCUT2D eigenvalue weighted by Crippen LogP contribution is 2.45. The highest BCUT2D eigenvalue weighted by Gasteiger charge is 2.21. The third-order valence-electron chi connectivity index (χ3n) is 5.56. The van der Waals surface area contributed by atoms with E-state index in [1.165, 1.54) is 0 Å². The molecule has 3 heteroatoms. The van der Waals surface area contributed by atoms with Gasteiger partial charge in [-0.25, -0.2) is 0 Å². The van der Waals surface area contributed by atoms with Gasteiger partial charge in [0.1, 0.15) is 0 Å². The molecule has 0 atom stereocenters. The van der Waals surface area contributed by atoms with Crippen molar-refractivity contribution in [2.75, 3.05) is 15.5 Å². The van der Waals surface area contributed by atoms with Crippen LogP contribution >= 0.6 is 0 Å². The standard InChI is InChI=1S/C30H25N3/c31-24-20-22-28(23-21-24)33(27-16-8-3-9-17-27)30-19-11-10-18-29(30)32(25-12-4-1-5-13-25)26-14-6-2-7-15-26/h1-23H,31H2. The van der Waals surface area contributed by atoms with Crippen LogP contribution in [0.5, 0.6) is 0 Å². The van der Waals surface area contributed by atoms with E-state index in [4.69, 9.17) is 5.73 Å². The zero-order chi connectivity index (χ0) is 22.5. The van der Waals surface area contributed by atoms with E-state index >= 15 is 0 Å². The van der Waals surface area contributed by atoms with Crippen molar-refractivity contribution >= 4 is 39.8 Å². The maximum atomic E-state index is 6.01. The number of rotatable bonds is 6. The van der Waals surface area contributed by atoms with E-state index in [0.717, 1.165) is 39.8 Å². The van der Waals surface area contributed by atoms with Crippen molar-refractivity contribution in [2.24, 2.45) is 0 Å². The van der Waals surface area contributed by atoms with Crippen molar-refractivity contribution in [3.63, 3.8) is 0 Å². The molecule has 0 bridgehead atoms. The number of para-hydroxylation sites is 5. The number of hydrogen-bond donors (Lipinski definition) is 1. The first-order valence-electron chi connectivity index (χ1n) is 11.0. The van der Waals surface area contributed by atoms with Gasteiger partial charge in [-0.1, -0.05) is 66.7 Å². The van der Waals surface area contributed by atoms with Crippen LogP contribution in [0, 0.1) is 0 Å². The van der Waals surface area contributed by atoms with Gasteiger partial charge < -0.3 is 15.5 Å². The Morgan fingerprint density at radius 1 is 0.333 bits per heavy atom. The summed E-state index contributed by atoms with van der Waals surface area (Å²) in [4.78, 5) is 4.57. The molecular formula is C30H25N3. The molecule has 0 amide bonds. The minimum Gasteiger partial charge on any atom is -0.399 e. The number of nitrogens with two attached hydrogens (primary N) is 1. The first-order chi connectivity index (χ1) is 16.3. The number of anilines is 7. The molecule has 0 radical (unpaired) electrons. The highest BCUT2D eigenvalue weighted by molar-refractivity contribution is 5.91. The Labute approximate surface area is 195 Å². The highest BCUT2D eigenvalue weighted by atomic mass is 15.2. The van der Waals surface area contributed by atoms with E-state index < -0.39 is 0 Å². The average Bonchev–Trinajstić information content (AvgIpc) is 2.88. The van der Waals surface area contributed by atoms with Crippen LogP contribution in [0.25, 0.3) is 0 Å². The molecule has 33 heavy (non-hydrogen) atoms. The quantitative estimate of drug-likeness (QED) is 0.277. The summed E-state index contributed by atoms with van der Waals surface area (Å²) in [6, 6.07) is 47.9. The summed E-state index contributed by atoms with van der Waals surface area (Å²) in [7, 11) is 0. The molecule has 0 fully saturated rings. The lowest BCUT2D eigenvalue weighted by Gasteiger charge is -2.33. The minimum absolute atomic E-state index is 0.746. The van der Waals surface area contributed by atoms with Crippen LogP contribution in [-0.4, -0.2) is 0 Å².